The number of halogens is 4. The van der Waals surface area contributed by atoms with Gasteiger partial charge in [-0.05, 0) is 62.6 Å². The number of alkyl halides is 3. The Morgan fingerprint density at radius 2 is 1.61 bits per heavy atom. The molecule has 12 heteroatoms. The van der Waals surface area contributed by atoms with Crippen molar-refractivity contribution >= 4 is 39.1 Å². The van der Waals surface area contributed by atoms with E-state index in [9.17, 15) is 31.2 Å². The number of nitrogens with zero attached hydrogens (tertiary/aromatic N) is 2. The van der Waals surface area contributed by atoms with Crippen molar-refractivity contribution in [3.63, 3.8) is 0 Å². The molecule has 0 bridgehead atoms. The summed E-state index contributed by atoms with van der Waals surface area (Å²) in [6.45, 7) is 2.43. The van der Waals surface area contributed by atoms with Crippen LogP contribution in [-0.2, 0) is 32.3 Å². The van der Waals surface area contributed by atoms with Crippen molar-refractivity contribution < 1.29 is 31.2 Å². The highest BCUT2D eigenvalue weighted by Crippen LogP contribution is 2.38. The highest BCUT2D eigenvalue weighted by molar-refractivity contribution is 7.92. The first-order valence-corrected chi connectivity index (χ1v) is 16.2. The van der Waals surface area contributed by atoms with Crippen LogP contribution < -0.4 is 9.62 Å². The molecule has 0 aromatic heterocycles. The van der Waals surface area contributed by atoms with Crippen molar-refractivity contribution in [1.29, 1.82) is 0 Å². The number of hydrogen-bond acceptors (Lipinski definition) is 4. The van der Waals surface area contributed by atoms with Crippen molar-refractivity contribution in [3.8, 4) is 0 Å². The van der Waals surface area contributed by atoms with Crippen LogP contribution in [0.3, 0.4) is 0 Å². The second-order valence-electron chi connectivity index (χ2n) is 11.0. The summed E-state index contributed by atoms with van der Waals surface area (Å²) >= 11 is 5.83. The zero-order valence-corrected chi connectivity index (χ0v) is 26.1. The van der Waals surface area contributed by atoms with E-state index in [0.717, 1.165) is 49.8 Å². The van der Waals surface area contributed by atoms with Gasteiger partial charge < -0.3 is 10.2 Å². The van der Waals surface area contributed by atoms with Gasteiger partial charge >= 0.3 is 6.18 Å². The fraction of sp³-hybridized carbons (Fsp3) is 0.375. The molecule has 236 valence electrons. The van der Waals surface area contributed by atoms with Gasteiger partial charge in [-0.1, -0.05) is 78.9 Å². The Morgan fingerprint density at radius 1 is 0.977 bits per heavy atom. The van der Waals surface area contributed by atoms with E-state index in [0.29, 0.717) is 15.9 Å². The van der Waals surface area contributed by atoms with Crippen LogP contribution in [0.1, 0.15) is 55.7 Å². The molecule has 4 rings (SSSR count). The van der Waals surface area contributed by atoms with Gasteiger partial charge in [0.1, 0.15) is 12.6 Å². The third-order valence-corrected chi connectivity index (χ3v) is 9.86. The minimum atomic E-state index is -4.87. The van der Waals surface area contributed by atoms with Gasteiger partial charge in [0.15, 0.2) is 0 Å². The van der Waals surface area contributed by atoms with E-state index < -0.39 is 51.0 Å². The first-order valence-electron chi connectivity index (χ1n) is 14.4. The lowest BCUT2D eigenvalue weighted by molar-refractivity contribution is -0.139. The van der Waals surface area contributed by atoms with Crippen LogP contribution in [0.2, 0.25) is 5.02 Å². The van der Waals surface area contributed by atoms with E-state index in [1.807, 2.05) is 0 Å². The Morgan fingerprint density at radius 3 is 2.23 bits per heavy atom. The van der Waals surface area contributed by atoms with Gasteiger partial charge in [0.05, 0.1) is 21.2 Å². The molecule has 3 aromatic carbocycles. The van der Waals surface area contributed by atoms with Gasteiger partial charge in [0.2, 0.25) is 11.8 Å². The van der Waals surface area contributed by atoms with Crippen molar-refractivity contribution in [2.75, 3.05) is 10.8 Å². The quantitative estimate of drug-likeness (QED) is 0.264. The lowest BCUT2D eigenvalue weighted by Crippen LogP contribution is -2.53. The number of carbonyl (C=O) groups excluding carboxylic acids is 2. The number of nitrogens with one attached hydrogen (secondary N) is 1. The van der Waals surface area contributed by atoms with E-state index in [1.165, 1.54) is 17.0 Å². The summed E-state index contributed by atoms with van der Waals surface area (Å²) in [5, 5.41) is 2.40. The Balaban J connectivity index is 1.73. The molecular formula is C32H35ClF3N3O4S. The molecule has 1 fully saturated rings. The molecule has 0 aliphatic heterocycles. The molecule has 44 heavy (non-hydrogen) atoms. The van der Waals surface area contributed by atoms with Crippen molar-refractivity contribution in [2.45, 2.75) is 75.7 Å². The van der Waals surface area contributed by atoms with E-state index in [1.54, 1.807) is 56.3 Å². The highest BCUT2D eigenvalue weighted by atomic mass is 35.5. The molecule has 1 saturated carbocycles. The van der Waals surface area contributed by atoms with Gasteiger partial charge in [0, 0.05) is 12.6 Å². The number of hydrogen-bond donors (Lipinski definition) is 1. The molecule has 1 aliphatic rings. The largest absolute Gasteiger partial charge is 0.417 e. The molecular weight excluding hydrogens is 615 g/mol. The maximum Gasteiger partial charge on any atom is 0.417 e. The molecule has 0 spiro atoms. The minimum absolute atomic E-state index is 0.0221. The first-order chi connectivity index (χ1) is 20.8. The van der Waals surface area contributed by atoms with Gasteiger partial charge in [-0.25, -0.2) is 8.42 Å². The van der Waals surface area contributed by atoms with Crippen molar-refractivity contribution in [1.82, 2.24) is 10.2 Å². The zero-order chi connectivity index (χ0) is 32.1. The van der Waals surface area contributed by atoms with Crippen LogP contribution in [0.5, 0.6) is 0 Å². The van der Waals surface area contributed by atoms with Crippen LogP contribution >= 0.6 is 11.6 Å². The van der Waals surface area contributed by atoms with Gasteiger partial charge in [-0.2, -0.15) is 13.2 Å². The zero-order valence-electron chi connectivity index (χ0n) is 24.5. The number of amides is 2. The predicted octanol–water partition coefficient (Wildman–Crippen LogP) is 6.73. The SMILES string of the molecule is Cc1ccc(S(=O)(=O)N(CC(=O)N(Cc2ccccc2)[C@@H](C)C(=O)NC2CCCCC2)c2ccc(Cl)c(C(F)(F)F)c2)cc1. The Hall–Kier alpha value is -3.57. The van der Waals surface area contributed by atoms with E-state index in [4.69, 9.17) is 11.6 Å². The van der Waals surface area contributed by atoms with Crippen LogP contribution in [0.15, 0.2) is 77.7 Å². The van der Waals surface area contributed by atoms with Crippen molar-refractivity contribution in [3.05, 3.63) is 94.5 Å². The van der Waals surface area contributed by atoms with Crippen LogP contribution in [0, 0.1) is 6.92 Å². The maximum absolute atomic E-state index is 14.0. The summed E-state index contributed by atoms with van der Waals surface area (Å²) in [6.07, 6.45) is -0.163. The number of carbonyl (C=O) groups is 2. The molecule has 7 nitrogen and oxygen atoms in total. The summed E-state index contributed by atoms with van der Waals surface area (Å²) in [4.78, 5) is 28.5. The number of aryl methyl sites for hydroxylation is 1. The van der Waals surface area contributed by atoms with Crippen LogP contribution in [0.4, 0.5) is 18.9 Å². The Labute approximate surface area is 261 Å². The number of sulfonamides is 1. The van der Waals surface area contributed by atoms with Gasteiger partial charge in [-0.15, -0.1) is 0 Å². The number of rotatable bonds is 10. The van der Waals surface area contributed by atoms with E-state index in [-0.39, 0.29) is 23.4 Å². The third kappa shape index (κ3) is 8.12. The maximum atomic E-state index is 14.0. The summed E-state index contributed by atoms with van der Waals surface area (Å²) < 4.78 is 69.9. The smallest absolute Gasteiger partial charge is 0.352 e. The lowest BCUT2D eigenvalue weighted by Gasteiger charge is -2.33. The number of benzene rings is 3. The first kappa shape index (κ1) is 33.3. The lowest BCUT2D eigenvalue weighted by atomic mass is 9.95. The predicted molar refractivity (Wildman–Crippen MR) is 164 cm³/mol. The molecule has 3 aromatic rings. The molecule has 1 aliphatic carbocycles. The van der Waals surface area contributed by atoms with Crippen molar-refractivity contribution in [2.24, 2.45) is 0 Å². The van der Waals surface area contributed by atoms with E-state index >= 15 is 0 Å². The second-order valence-corrected chi connectivity index (χ2v) is 13.3. The van der Waals surface area contributed by atoms with E-state index in [2.05, 4.69) is 5.32 Å². The van der Waals surface area contributed by atoms with Gasteiger partial charge in [0.25, 0.3) is 10.0 Å². The summed E-state index contributed by atoms with van der Waals surface area (Å²) in [6, 6.07) is 16.3. The number of anilines is 1. The summed E-state index contributed by atoms with van der Waals surface area (Å²) in [5.41, 5.74) is -0.176. The third-order valence-electron chi connectivity index (χ3n) is 7.75. The summed E-state index contributed by atoms with van der Waals surface area (Å²) in [5.74, 6) is -1.15. The molecule has 0 radical (unpaired) electrons. The fourth-order valence-electron chi connectivity index (χ4n) is 5.18. The molecule has 0 saturated heterocycles. The topological polar surface area (TPSA) is 86.8 Å². The molecule has 0 unspecified atom stereocenters. The standard InChI is InChI=1S/C32H35ClF3N3O4S/c1-22-13-16-27(17-14-22)44(42,43)39(26-15-18-29(33)28(19-26)32(34,35)36)21-30(40)38(20-24-9-5-3-6-10-24)23(2)31(41)37-25-11-7-4-8-12-25/h3,5-6,9-10,13-19,23,25H,4,7-8,11-12,20-21H2,1-2H3,(H,37,41)/t23-/m0/s1. The average Bonchev–Trinajstić information content (AvgIpc) is 2.99. The molecule has 1 atom stereocenters. The van der Waals surface area contributed by atoms with Crippen LogP contribution in [-0.4, -0.2) is 43.8 Å². The van der Waals surface area contributed by atoms with Crippen LogP contribution in [0.25, 0.3) is 0 Å². The Kier molecular flexibility index (Phi) is 10.6. The average molecular weight is 650 g/mol. The summed E-state index contributed by atoms with van der Waals surface area (Å²) in [7, 11) is -4.54. The normalized spacial score (nSPS) is 15.0. The minimum Gasteiger partial charge on any atom is -0.352 e. The second kappa shape index (κ2) is 14.0. The fourth-order valence-corrected chi connectivity index (χ4v) is 6.81. The molecule has 1 N–H and O–H groups in total. The van der Waals surface area contributed by atoms with Gasteiger partial charge in [-0.3, -0.25) is 13.9 Å². The monoisotopic (exact) mass is 649 g/mol. The highest BCUT2D eigenvalue weighted by Gasteiger charge is 2.37. The Bertz CT molecular complexity index is 1560. The molecule has 0 heterocycles. The molecule has 2 amide bonds.